The van der Waals surface area contributed by atoms with Crippen LogP contribution in [0.25, 0.3) is 0 Å². The number of allylic oxidation sites excluding steroid dienone is 4. The van der Waals surface area contributed by atoms with Gasteiger partial charge in [0.25, 0.3) is 0 Å². The van der Waals surface area contributed by atoms with Gasteiger partial charge in [0, 0.05) is 30.4 Å². The van der Waals surface area contributed by atoms with Gasteiger partial charge in [-0.25, -0.2) is 0 Å². The summed E-state index contributed by atoms with van der Waals surface area (Å²) in [7, 11) is 0. The second-order valence-electron chi connectivity index (χ2n) is 15.3. The van der Waals surface area contributed by atoms with Crippen molar-refractivity contribution in [3.05, 3.63) is 85.1 Å². The molecular weight excluding hydrogens is 530 g/mol. The molecule has 232 valence electrons. The number of benzene rings is 1. The molecular formula is C39H53NO3. The fourth-order valence-electron chi connectivity index (χ4n) is 8.28. The van der Waals surface area contributed by atoms with Gasteiger partial charge in [-0.3, -0.25) is 14.4 Å². The van der Waals surface area contributed by atoms with Gasteiger partial charge in [0.1, 0.15) is 5.78 Å². The zero-order valence-electron chi connectivity index (χ0n) is 27.2. The molecule has 6 atom stereocenters. The van der Waals surface area contributed by atoms with Crippen LogP contribution in [0.5, 0.6) is 0 Å². The van der Waals surface area contributed by atoms with Crippen LogP contribution in [0.2, 0.25) is 0 Å². The van der Waals surface area contributed by atoms with Crippen LogP contribution >= 0.6 is 0 Å². The fraction of sp³-hybridized carbons (Fsp3) is 0.564. The number of ketones is 3. The van der Waals surface area contributed by atoms with E-state index in [1.807, 2.05) is 0 Å². The maximum absolute atomic E-state index is 14.7. The Morgan fingerprint density at radius 1 is 1.05 bits per heavy atom. The van der Waals surface area contributed by atoms with E-state index in [9.17, 15) is 14.4 Å². The van der Waals surface area contributed by atoms with Gasteiger partial charge in [0.15, 0.2) is 11.6 Å². The maximum atomic E-state index is 14.7. The molecule has 0 saturated heterocycles. The van der Waals surface area contributed by atoms with E-state index in [1.165, 1.54) is 11.1 Å². The monoisotopic (exact) mass is 583 g/mol. The molecule has 3 unspecified atom stereocenters. The Morgan fingerprint density at radius 2 is 1.67 bits per heavy atom. The number of fused-ring (bicyclic) bond motifs is 2. The lowest BCUT2D eigenvalue weighted by Gasteiger charge is -2.33. The molecule has 1 aromatic rings. The fourth-order valence-corrected chi connectivity index (χ4v) is 8.28. The molecule has 3 aliphatic rings. The molecule has 4 nitrogen and oxygen atoms in total. The number of hydrogen-bond acceptors (Lipinski definition) is 4. The van der Waals surface area contributed by atoms with Crippen LogP contribution in [-0.4, -0.2) is 23.4 Å². The second-order valence-corrected chi connectivity index (χ2v) is 15.3. The number of rotatable bonds is 16. The average molecular weight is 584 g/mol. The Labute approximate surface area is 260 Å². The highest BCUT2D eigenvalue weighted by Gasteiger charge is 2.69. The minimum absolute atomic E-state index is 0.0225. The Balaban J connectivity index is 1.59. The zero-order valence-corrected chi connectivity index (χ0v) is 27.2. The molecule has 0 heterocycles. The van der Waals surface area contributed by atoms with Crippen molar-refractivity contribution in [1.29, 1.82) is 0 Å². The third kappa shape index (κ3) is 7.21. The van der Waals surface area contributed by atoms with Crippen LogP contribution in [0, 0.1) is 46.3 Å². The predicted molar refractivity (Wildman–Crippen MR) is 176 cm³/mol. The minimum Gasteiger partial charge on any atom is -0.379 e. The minimum atomic E-state index is -0.386. The summed E-state index contributed by atoms with van der Waals surface area (Å²) in [6.45, 7) is 27.1. The topological polar surface area (TPSA) is 63.2 Å². The lowest BCUT2D eigenvalue weighted by Crippen LogP contribution is -2.48. The largest absolute Gasteiger partial charge is 0.379 e. The number of nitrogens with one attached hydrogen (secondary N) is 1. The summed E-state index contributed by atoms with van der Waals surface area (Å²) in [6, 6.07) is 8.09. The second kappa shape index (κ2) is 12.9. The quantitative estimate of drug-likeness (QED) is 0.158. The van der Waals surface area contributed by atoms with Crippen molar-refractivity contribution >= 4 is 17.3 Å². The molecule has 2 fully saturated rings. The van der Waals surface area contributed by atoms with E-state index < -0.39 is 0 Å². The van der Waals surface area contributed by atoms with Gasteiger partial charge in [0.2, 0.25) is 0 Å². The van der Waals surface area contributed by atoms with Crippen LogP contribution in [0.1, 0.15) is 84.3 Å². The van der Waals surface area contributed by atoms with Crippen molar-refractivity contribution < 1.29 is 14.4 Å². The Kier molecular flexibility index (Phi) is 9.89. The number of carbonyl (C=O) groups excluding carboxylic acids is 3. The predicted octanol–water partition coefficient (Wildman–Crippen LogP) is 8.03. The highest BCUT2D eigenvalue weighted by atomic mass is 16.1. The number of carbonyl (C=O) groups is 3. The van der Waals surface area contributed by atoms with E-state index in [4.69, 9.17) is 0 Å². The molecule has 43 heavy (non-hydrogen) atoms. The Bertz CT molecular complexity index is 1270. The molecule has 4 heteroatoms. The van der Waals surface area contributed by atoms with E-state index >= 15 is 0 Å². The Hall–Kier alpha value is -3.01. The summed E-state index contributed by atoms with van der Waals surface area (Å²) in [5.41, 5.74) is 4.08. The van der Waals surface area contributed by atoms with E-state index in [1.54, 1.807) is 12.2 Å². The molecule has 0 spiro atoms. The summed E-state index contributed by atoms with van der Waals surface area (Å²) in [4.78, 5) is 41.8. The van der Waals surface area contributed by atoms with E-state index in [-0.39, 0.29) is 70.2 Å². The summed E-state index contributed by atoms with van der Waals surface area (Å²) in [5.74, 6) is -0.0221. The first-order chi connectivity index (χ1) is 20.2. The third-order valence-electron chi connectivity index (χ3n) is 10.5. The van der Waals surface area contributed by atoms with Gasteiger partial charge in [-0.05, 0) is 89.7 Å². The number of Topliss-reactive ketones (excluding diaryl/α,β-unsaturated/α-hetero) is 3. The zero-order chi connectivity index (χ0) is 31.7. The summed E-state index contributed by atoms with van der Waals surface area (Å²) in [6.07, 6.45) is 8.39. The summed E-state index contributed by atoms with van der Waals surface area (Å²) >= 11 is 0. The van der Waals surface area contributed by atoms with Crippen LogP contribution in [0.15, 0.2) is 74.0 Å². The van der Waals surface area contributed by atoms with E-state index in [0.29, 0.717) is 30.8 Å². The molecule has 0 aliphatic heterocycles. The SMILES string of the molecule is C=CCCC(=O)C(=C)C(CC=C)CC(=O)[C@H]1C(C(=O)[C@@H](NC(=C)CC(C)(C)C)C2Cc3ccccc3C2)C[C@@H]2C1C2(C)C. The molecule has 0 bridgehead atoms. The molecule has 1 aromatic carbocycles. The highest BCUT2D eigenvalue weighted by molar-refractivity contribution is 5.98. The average Bonchev–Trinajstić information content (AvgIpc) is 3.30. The van der Waals surface area contributed by atoms with Crippen LogP contribution in [0.3, 0.4) is 0 Å². The van der Waals surface area contributed by atoms with Crippen molar-refractivity contribution in [3.8, 4) is 0 Å². The maximum Gasteiger partial charge on any atom is 0.159 e. The van der Waals surface area contributed by atoms with Crippen molar-refractivity contribution in [2.75, 3.05) is 0 Å². The van der Waals surface area contributed by atoms with Crippen molar-refractivity contribution in [1.82, 2.24) is 5.32 Å². The van der Waals surface area contributed by atoms with Gasteiger partial charge < -0.3 is 5.32 Å². The molecule has 3 aliphatic carbocycles. The van der Waals surface area contributed by atoms with Gasteiger partial charge >= 0.3 is 0 Å². The summed E-state index contributed by atoms with van der Waals surface area (Å²) < 4.78 is 0. The molecule has 0 aromatic heterocycles. The lowest BCUT2D eigenvalue weighted by molar-refractivity contribution is -0.135. The van der Waals surface area contributed by atoms with Gasteiger partial charge in [-0.2, -0.15) is 0 Å². The van der Waals surface area contributed by atoms with Crippen molar-refractivity contribution in [3.63, 3.8) is 0 Å². The molecule has 4 rings (SSSR count). The Morgan fingerprint density at radius 3 is 2.23 bits per heavy atom. The van der Waals surface area contributed by atoms with E-state index in [0.717, 1.165) is 31.4 Å². The normalized spacial score (nSPS) is 25.1. The van der Waals surface area contributed by atoms with Crippen LogP contribution in [0.4, 0.5) is 0 Å². The molecule has 0 radical (unpaired) electrons. The van der Waals surface area contributed by atoms with E-state index in [2.05, 4.69) is 90.5 Å². The van der Waals surface area contributed by atoms with Gasteiger partial charge in [0.05, 0.1) is 6.04 Å². The first-order valence-electron chi connectivity index (χ1n) is 16.2. The van der Waals surface area contributed by atoms with Crippen molar-refractivity contribution in [2.45, 2.75) is 92.0 Å². The van der Waals surface area contributed by atoms with Gasteiger partial charge in [-0.15, -0.1) is 13.2 Å². The molecule has 0 amide bonds. The standard InChI is InChI=1S/C39H53NO3/c1-10-12-18-32(41)25(4)26(15-11-2)21-33(42)34-30(22-31-35(34)39(31,8)9)37(43)36(40-24(3)23-38(5,6)7)29-19-27-16-13-14-17-28(27)20-29/h10-11,13-14,16-17,26,29-31,34-36,40H,1-4,12,15,18-23H2,5-9H3/t26?,30?,31-,34-,35?,36+/m1/s1. The molecule has 2 saturated carbocycles. The number of hydrogen-bond donors (Lipinski definition) is 1. The lowest BCUT2D eigenvalue weighted by atomic mass is 9.73. The highest BCUT2D eigenvalue weighted by Crippen LogP contribution is 2.71. The van der Waals surface area contributed by atoms with Crippen LogP contribution in [-0.2, 0) is 27.2 Å². The van der Waals surface area contributed by atoms with Crippen LogP contribution < -0.4 is 5.32 Å². The van der Waals surface area contributed by atoms with Crippen molar-refractivity contribution in [2.24, 2.45) is 46.3 Å². The first kappa shape index (κ1) is 32.9. The smallest absolute Gasteiger partial charge is 0.159 e. The first-order valence-corrected chi connectivity index (χ1v) is 16.2. The van der Waals surface area contributed by atoms with Gasteiger partial charge in [-0.1, -0.05) is 84.2 Å². The summed E-state index contributed by atoms with van der Waals surface area (Å²) in [5, 5.41) is 3.62. The third-order valence-corrected chi connectivity index (χ3v) is 10.5. The molecule has 1 N–H and O–H groups in total.